The number of rotatable bonds is 3. The maximum Gasteiger partial charge on any atom is 0.285 e. The highest BCUT2D eigenvalue weighted by Gasteiger charge is 2.24. The van der Waals surface area contributed by atoms with Crippen molar-refractivity contribution in [3.8, 4) is 0 Å². The summed E-state index contributed by atoms with van der Waals surface area (Å²) < 4.78 is 41.5. The van der Waals surface area contributed by atoms with E-state index in [1.165, 1.54) is 19.2 Å². The lowest BCUT2D eigenvalue weighted by molar-refractivity contribution is 0.0976. The van der Waals surface area contributed by atoms with Crippen LogP contribution in [0.3, 0.4) is 0 Å². The molecule has 1 amide bonds. The minimum atomic E-state index is -4.14. The smallest absolute Gasteiger partial charge is 0.285 e. The molecule has 0 saturated carbocycles. The van der Waals surface area contributed by atoms with Gasteiger partial charge in [0.15, 0.2) is 0 Å². The number of sulfonamides is 1. The molecule has 0 aliphatic carbocycles. The SMILES string of the molecule is Cc1ccc(F)cc1S(=O)(=O)NC(=O)c1cn2c(n1)CCC2. The number of fused-ring (bicyclic) bond motifs is 1. The molecule has 0 fully saturated rings. The molecule has 1 aromatic carbocycles. The van der Waals surface area contributed by atoms with E-state index in [2.05, 4.69) is 4.98 Å². The van der Waals surface area contributed by atoms with E-state index >= 15 is 0 Å². The number of hydrogen-bond acceptors (Lipinski definition) is 4. The van der Waals surface area contributed by atoms with Crippen LogP contribution in [0.25, 0.3) is 0 Å². The first-order chi connectivity index (χ1) is 10.4. The first-order valence-electron chi connectivity index (χ1n) is 6.76. The van der Waals surface area contributed by atoms with E-state index < -0.39 is 21.7 Å². The number of halogens is 1. The fourth-order valence-electron chi connectivity index (χ4n) is 2.46. The van der Waals surface area contributed by atoms with Crippen molar-refractivity contribution in [3.05, 3.63) is 47.3 Å². The summed E-state index contributed by atoms with van der Waals surface area (Å²) >= 11 is 0. The summed E-state index contributed by atoms with van der Waals surface area (Å²) in [6.07, 6.45) is 3.26. The summed E-state index contributed by atoms with van der Waals surface area (Å²) in [6.45, 7) is 2.30. The molecule has 0 atom stereocenters. The van der Waals surface area contributed by atoms with E-state index in [0.717, 1.165) is 37.3 Å². The third kappa shape index (κ3) is 2.61. The topological polar surface area (TPSA) is 81.1 Å². The molecule has 0 radical (unpaired) electrons. The Balaban J connectivity index is 1.87. The minimum absolute atomic E-state index is 0.0485. The second-order valence-electron chi connectivity index (χ2n) is 5.18. The Morgan fingerprint density at radius 1 is 1.41 bits per heavy atom. The zero-order valence-corrected chi connectivity index (χ0v) is 12.7. The molecule has 0 unspecified atom stereocenters. The van der Waals surface area contributed by atoms with Crippen molar-refractivity contribution < 1.29 is 17.6 Å². The highest BCUT2D eigenvalue weighted by Crippen LogP contribution is 2.18. The van der Waals surface area contributed by atoms with Crippen LogP contribution >= 0.6 is 0 Å². The number of hydrogen-bond donors (Lipinski definition) is 1. The third-order valence-corrected chi connectivity index (χ3v) is 5.03. The second kappa shape index (κ2) is 5.20. The molecule has 3 rings (SSSR count). The summed E-state index contributed by atoms with van der Waals surface area (Å²) in [6, 6.07) is 3.40. The fourth-order valence-corrected chi connectivity index (χ4v) is 3.68. The maximum atomic E-state index is 13.3. The van der Waals surface area contributed by atoms with Gasteiger partial charge in [-0.3, -0.25) is 4.79 Å². The number of carbonyl (C=O) groups excluding carboxylic acids is 1. The third-order valence-electron chi connectivity index (χ3n) is 3.56. The van der Waals surface area contributed by atoms with Crippen LogP contribution in [0.4, 0.5) is 4.39 Å². The average molecular weight is 323 g/mol. The predicted octanol–water partition coefficient (Wildman–Crippen LogP) is 1.40. The Morgan fingerprint density at radius 2 is 2.18 bits per heavy atom. The van der Waals surface area contributed by atoms with Gasteiger partial charge >= 0.3 is 0 Å². The van der Waals surface area contributed by atoms with E-state index in [1.807, 2.05) is 9.29 Å². The van der Waals surface area contributed by atoms with Crippen molar-refractivity contribution in [2.75, 3.05) is 0 Å². The molecule has 0 spiro atoms. The van der Waals surface area contributed by atoms with Crippen molar-refractivity contribution in [3.63, 3.8) is 0 Å². The van der Waals surface area contributed by atoms with Crippen LogP contribution in [0.15, 0.2) is 29.3 Å². The number of carbonyl (C=O) groups is 1. The first kappa shape index (κ1) is 14.7. The molecule has 1 aromatic heterocycles. The molecule has 1 aliphatic rings. The summed E-state index contributed by atoms with van der Waals surface area (Å²) in [5.74, 6) is -0.727. The molecule has 0 saturated heterocycles. The molecule has 2 heterocycles. The molecule has 2 aromatic rings. The predicted molar refractivity (Wildman–Crippen MR) is 76.3 cm³/mol. The van der Waals surface area contributed by atoms with Crippen molar-refractivity contribution in [1.29, 1.82) is 0 Å². The normalized spacial score (nSPS) is 13.9. The molecule has 6 nitrogen and oxygen atoms in total. The molecule has 8 heteroatoms. The fraction of sp³-hybridized carbons (Fsp3) is 0.286. The largest absolute Gasteiger partial charge is 0.334 e. The standard InChI is InChI=1S/C14H14FN3O3S/c1-9-4-5-10(15)7-12(9)22(20,21)17-14(19)11-8-18-6-2-3-13(18)16-11/h4-5,7-8H,2-3,6H2,1H3,(H,17,19). The Morgan fingerprint density at radius 3 is 2.91 bits per heavy atom. The van der Waals surface area contributed by atoms with Crippen molar-refractivity contribution in [2.24, 2.45) is 0 Å². The van der Waals surface area contributed by atoms with Crippen LogP contribution in [-0.4, -0.2) is 23.9 Å². The van der Waals surface area contributed by atoms with Crippen LogP contribution in [0.1, 0.15) is 28.3 Å². The Labute approximate surface area is 127 Å². The average Bonchev–Trinajstić information content (AvgIpc) is 3.01. The summed E-state index contributed by atoms with van der Waals surface area (Å²) in [7, 11) is -4.14. The van der Waals surface area contributed by atoms with Gasteiger partial charge in [-0.2, -0.15) is 0 Å². The molecule has 1 N–H and O–H groups in total. The lowest BCUT2D eigenvalue weighted by Crippen LogP contribution is -2.31. The lowest BCUT2D eigenvalue weighted by atomic mass is 10.2. The van der Waals surface area contributed by atoms with Gasteiger partial charge < -0.3 is 4.57 Å². The monoisotopic (exact) mass is 323 g/mol. The molecular weight excluding hydrogens is 309 g/mol. The quantitative estimate of drug-likeness (QED) is 0.925. The lowest BCUT2D eigenvalue weighted by Gasteiger charge is -2.08. The number of nitrogens with zero attached hydrogens (tertiary/aromatic N) is 2. The van der Waals surface area contributed by atoms with Gasteiger partial charge in [0.05, 0.1) is 4.90 Å². The maximum absolute atomic E-state index is 13.3. The summed E-state index contributed by atoms with van der Waals surface area (Å²) in [5, 5.41) is 0. The van der Waals surface area contributed by atoms with E-state index in [9.17, 15) is 17.6 Å². The van der Waals surface area contributed by atoms with Gasteiger partial charge in [0.25, 0.3) is 15.9 Å². The highest BCUT2D eigenvalue weighted by molar-refractivity contribution is 7.90. The van der Waals surface area contributed by atoms with E-state index in [1.54, 1.807) is 0 Å². The van der Waals surface area contributed by atoms with Crippen LogP contribution < -0.4 is 4.72 Å². The number of nitrogens with one attached hydrogen (secondary N) is 1. The summed E-state index contributed by atoms with van der Waals surface area (Å²) in [5.41, 5.74) is 0.404. The molecule has 0 bridgehead atoms. The molecule has 116 valence electrons. The Kier molecular flexibility index (Phi) is 3.48. The molecular formula is C14H14FN3O3S. The van der Waals surface area contributed by atoms with Crippen LogP contribution in [0.5, 0.6) is 0 Å². The van der Waals surface area contributed by atoms with Gasteiger partial charge in [0.1, 0.15) is 17.3 Å². The van der Waals surface area contributed by atoms with Gasteiger partial charge in [-0.05, 0) is 31.0 Å². The van der Waals surface area contributed by atoms with Crippen molar-refractivity contribution in [2.45, 2.75) is 31.2 Å². The van der Waals surface area contributed by atoms with E-state index in [4.69, 9.17) is 0 Å². The number of imidazole rings is 1. The Bertz CT molecular complexity index is 837. The van der Waals surface area contributed by atoms with Gasteiger partial charge in [-0.1, -0.05) is 6.07 Å². The summed E-state index contributed by atoms with van der Waals surface area (Å²) in [4.78, 5) is 15.9. The van der Waals surface area contributed by atoms with Gasteiger partial charge in [0.2, 0.25) is 0 Å². The van der Waals surface area contributed by atoms with Crippen LogP contribution in [0, 0.1) is 12.7 Å². The number of aryl methyl sites for hydroxylation is 3. The molecule has 1 aliphatic heterocycles. The van der Waals surface area contributed by atoms with Crippen molar-refractivity contribution >= 4 is 15.9 Å². The van der Waals surface area contributed by atoms with Crippen molar-refractivity contribution in [1.82, 2.24) is 14.3 Å². The minimum Gasteiger partial charge on any atom is -0.334 e. The number of aromatic nitrogens is 2. The zero-order chi connectivity index (χ0) is 15.9. The number of benzene rings is 1. The van der Waals surface area contributed by atoms with E-state index in [-0.39, 0.29) is 10.6 Å². The highest BCUT2D eigenvalue weighted by atomic mass is 32.2. The second-order valence-corrected chi connectivity index (χ2v) is 6.83. The number of amides is 1. The van der Waals surface area contributed by atoms with E-state index in [0.29, 0.717) is 5.56 Å². The van der Waals surface area contributed by atoms with Gasteiger partial charge in [0, 0.05) is 19.2 Å². The van der Waals surface area contributed by atoms with Gasteiger partial charge in [-0.15, -0.1) is 0 Å². The van der Waals surface area contributed by atoms with Crippen LogP contribution in [-0.2, 0) is 23.0 Å². The zero-order valence-electron chi connectivity index (χ0n) is 11.8. The van der Waals surface area contributed by atoms with Gasteiger partial charge in [-0.25, -0.2) is 22.5 Å². The Hall–Kier alpha value is -2.22. The molecule has 22 heavy (non-hydrogen) atoms. The first-order valence-corrected chi connectivity index (χ1v) is 8.24. The van der Waals surface area contributed by atoms with Crippen LogP contribution in [0.2, 0.25) is 0 Å².